The number of hydrogen-bond donors (Lipinski definition) is 2. The fraction of sp³-hybridized carbons (Fsp3) is 0.421. The molecule has 1 aromatic heterocycles. The number of hydrogen-bond acceptors (Lipinski definition) is 5. The lowest BCUT2D eigenvalue weighted by Gasteiger charge is -2.27. The van der Waals surface area contributed by atoms with Crippen LogP contribution >= 0.6 is 0 Å². The van der Waals surface area contributed by atoms with E-state index in [9.17, 15) is 14.7 Å². The number of carboxylic acid groups (broad SMARTS) is 1. The van der Waals surface area contributed by atoms with Gasteiger partial charge in [-0.3, -0.25) is 9.59 Å². The van der Waals surface area contributed by atoms with E-state index < -0.39 is 17.8 Å². The number of nitrogens with zero attached hydrogens (tertiary/aromatic N) is 1. The van der Waals surface area contributed by atoms with E-state index in [0.717, 1.165) is 5.56 Å². The van der Waals surface area contributed by atoms with Gasteiger partial charge in [-0.1, -0.05) is 18.2 Å². The summed E-state index contributed by atoms with van der Waals surface area (Å²) in [4.78, 5) is 28.3. The van der Waals surface area contributed by atoms with Crippen molar-refractivity contribution in [2.24, 2.45) is 11.8 Å². The highest BCUT2D eigenvalue weighted by Crippen LogP contribution is 2.24. The van der Waals surface area contributed by atoms with E-state index in [1.807, 2.05) is 30.3 Å². The minimum absolute atomic E-state index is 0.000152. The summed E-state index contributed by atoms with van der Waals surface area (Å²) in [7, 11) is 0. The number of benzene rings is 1. The molecule has 26 heavy (non-hydrogen) atoms. The molecule has 1 amide bonds. The summed E-state index contributed by atoms with van der Waals surface area (Å²) in [6.45, 7) is 2.85. The summed E-state index contributed by atoms with van der Waals surface area (Å²) in [6, 6.07) is 9.30. The number of carbonyl (C=O) groups excluding carboxylic acids is 1. The molecule has 1 atom stereocenters. The lowest BCUT2D eigenvalue weighted by atomic mass is 9.86. The van der Waals surface area contributed by atoms with Crippen LogP contribution in [0.1, 0.15) is 29.1 Å². The molecule has 1 aliphatic rings. The summed E-state index contributed by atoms with van der Waals surface area (Å²) in [5, 5.41) is 12.2. The van der Waals surface area contributed by atoms with Gasteiger partial charge < -0.3 is 19.6 Å². The van der Waals surface area contributed by atoms with Crippen LogP contribution in [-0.4, -0.2) is 41.7 Å². The third kappa shape index (κ3) is 4.11. The molecule has 0 spiro atoms. The molecule has 2 aromatic rings. The molecule has 1 saturated heterocycles. The number of carbonyl (C=O) groups is 2. The molecule has 0 aliphatic carbocycles. The highest BCUT2D eigenvalue weighted by Gasteiger charge is 2.30. The first-order valence-corrected chi connectivity index (χ1v) is 8.68. The maximum Gasteiger partial charge on any atom is 0.308 e. The Hall–Kier alpha value is -2.67. The van der Waals surface area contributed by atoms with Crippen molar-refractivity contribution in [2.75, 3.05) is 19.8 Å². The van der Waals surface area contributed by atoms with Crippen LogP contribution in [0, 0.1) is 18.8 Å². The lowest BCUT2D eigenvalue weighted by molar-refractivity contribution is -0.144. The molecule has 7 nitrogen and oxygen atoms in total. The second-order valence-corrected chi connectivity index (χ2v) is 6.39. The zero-order valence-electron chi connectivity index (χ0n) is 14.6. The Kier molecular flexibility index (Phi) is 5.68. The number of oxazole rings is 1. The molecule has 2 heterocycles. The summed E-state index contributed by atoms with van der Waals surface area (Å²) in [5.74, 6) is -1.19. The van der Waals surface area contributed by atoms with Crippen LogP contribution in [-0.2, 0) is 9.53 Å². The zero-order valence-corrected chi connectivity index (χ0v) is 14.6. The highest BCUT2D eigenvalue weighted by molar-refractivity contribution is 5.93. The number of aryl methyl sites for hydroxylation is 1. The van der Waals surface area contributed by atoms with Gasteiger partial charge in [0.25, 0.3) is 5.91 Å². The minimum atomic E-state index is -0.904. The van der Waals surface area contributed by atoms with Crippen molar-refractivity contribution >= 4 is 11.9 Å². The van der Waals surface area contributed by atoms with E-state index in [1.54, 1.807) is 6.92 Å². The van der Waals surface area contributed by atoms with Crippen LogP contribution in [0.25, 0.3) is 11.5 Å². The fourth-order valence-electron chi connectivity index (χ4n) is 3.17. The van der Waals surface area contributed by atoms with Gasteiger partial charge in [-0.2, -0.15) is 0 Å². The number of ether oxygens (including phenoxy) is 1. The van der Waals surface area contributed by atoms with Gasteiger partial charge in [0.1, 0.15) is 5.76 Å². The molecule has 0 radical (unpaired) electrons. The molecule has 0 saturated carbocycles. The lowest BCUT2D eigenvalue weighted by Crippen LogP contribution is -2.39. The first-order chi connectivity index (χ1) is 12.6. The summed E-state index contributed by atoms with van der Waals surface area (Å²) >= 11 is 0. The molecular formula is C19H22N2O5. The molecule has 7 heteroatoms. The third-order valence-corrected chi connectivity index (χ3v) is 4.67. The number of aliphatic carboxylic acids is 1. The molecule has 1 aliphatic heterocycles. The Balaban J connectivity index is 1.67. The first-order valence-electron chi connectivity index (χ1n) is 8.68. The predicted octanol–water partition coefficient (Wildman–Crippen LogP) is 2.51. The largest absolute Gasteiger partial charge is 0.481 e. The minimum Gasteiger partial charge on any atom is -0.481 e. The highest BCUT2D eigenvalue weighted by atomic mass is 16.5. The SMILES string of the molecule is Cc1oc(-c2ccccc2)nc1C(=O)NCC(C(=O)O)C1CCOCC1. The zero-order chi connectivity index (χ0) is 18.5. The van der Waals surface area contributed by atoms with Gasteiger partial charge in [0, 0.05) is 25.3 Å². The van der Waals surface area contributed by atoms with Crippen LogP contribution < -0.4 is 5.32 Å². The monoisotopic (exact) mass is 358 g/mol. The Labute approximate surface area is 151 Å². The van der Waals surface area contributed by atoms with Gasteiger partial charge in [0.15, 0.2) is 5.69 Å². The van der Waals surface area contributed by atoms with Crippen LogP contribution in [0.3, 0.4) is 0 Å². The van der Waals surface area contributed by atoms with Gasteiger partial charge in [-0.05, 0) is 37.8 Å². The van der Waals surface area contributed by atoms with Crippen LogP contribution in [0.2, 0.25) is 0 Å². The average Bonchev–Trinajstić information content (AvgIpc) is 3.05. The Morgan fingerprint density at radius 2 is 1.96 bits per heavy atom. The van der Waals surface area contributed by atoms with Gasteiger partial charge >= 0.3 is 5.97 Å². The van der Waals surface area contributed by atoms with E-state index in [-0.39, 0.29) is 18.2 Å². The van der Waals surface area contributed by atoms with Crippen LogP contribution in [0.5, 0.6) is 0 Å². The van der Waals surface area contributed by atoms with Gasteiger partial charge in [-0.25, -0.2) is 4.98 Å². The second-order valence-electron chi connectivity index (χ2n) is 6.39. The summed E-state index contributed by atoms with van der Waals surface area (Å²) < 4.78 is 10.9. The number of aromatic nitrogens is 1. The van der Waals surface area contributed by atoms with E-state index >= 15 is 0 Å². The standard InChI is InChI=1S/C19H22N2O5/c1-12-16(21-18(26-12)14-5-3-2-4-6-14)17(22)20-11-15(19(23)24)13-7-9-25-10-8-13/h2-6,13,15H,7-11H2,1H3,(H,20,22)(H,23,24). The molecule has 0 bridgehead atoms. The molecule has 138 valence electrons. The van der Waals surface area contributed by atoms with E-state index in [0.29, 0.717) is 37.7 Å². The van der Waals surface area contributed by atoms with Crippen molar-refractivity contribution in [3.05, 3.63) is 41.8 Å². The van der Waals surface area contributed by atoms with Crippen LogP contribution in [0.15, 0.2) is 34.7 Å². The number of nitrogens with one attached hydrogen (secondary N) is 1. The average molecular weight is 358 g/mol. The molecule has 1 unspecified atom stereocenters. The van der Waals surface area contributed by atoms with Gasteiger partial charge in [-0.15, -0.1) is 0 Å². The Bertz CT molecular complexity index is 765. The Morgan fingerprint density at radius 3 is 2.62 bits per heavy atom. The van der Waals surface area contributed by atoms with Crippen molar-refractivity contribution in [3.8, 4) is 11.5 Å². The van der Waals surface area contributed by atoms with Crippen molar-refractivity contribution in [3.63, 3.8) is 0 Å². The second kappa shape index (κ2) is 8.14. The molecule has 1 aromatic carbocycles. The number of amides is 1. The molecule has 2 N–H and O–H groups in total. The summed E-state index contributed by atoms with van der Waals surface area (Å²) in [5.41, 5.74) is 0.959. The van der Waals surface area contributed by atoms with E-state index in [1.165, 1.54) is 0 Å². The maximum absolute atomic E-state index is 12.5. The topological polar surface area (TPSA) is 102 Å². The number of rotatable bonds is 6. The quantitative estimate of drug-likeness (QED) is 0.823. The fourth-order valence-corrected chi connectivity index (χ4v) is 3.17. The van der Waals surface area contributed by atoms with Crippen molar-refractivity contribution in [1.82, 2.24) is 10.3 Å². The normalized spacial score (nSPS) is 16.2. The third-order valence-electron chi connectivity index (χ3n) is 4.67. The molecule has 1 fully saturated rings. The van der Waals surface area contributed by atoms with Crippen LogP contribution in [0.4, 0.5) is 0 Å². The first kappa shape index (κ1) is 18.1. The van der Waals surface area contributed by atoms with E-state index in [2.05, 4.69) is 10.3 Å². The van der Waals surface area contributed by atoms with E-state index in [4.69, 9.17) is 9.15 Å². The molecule has 3 rings (SSSR count). The number of carboxylic acids is 1. The molecular weight excluding hydrogens is 336 g/mol. The van der Waals surface area contributed by atoms with Gasteiger partial charge in [0.05, 0.1) is 5.92 Å². The summed E-state index contributed by atoms with van der Waals surface area (Å²) in [6.07, 6.45) is 1.38. The predicted molar refractivity (Wildman–Crippen MR) is 93.7 cm³/mol. The Morgan fingerprint density at radius 1 is 1.27 bits per heavy atom. The smallest absolute Gasteiger partial charge is 0.308 e. The maximum atomic E-state index is 12.5. The van der Waals surface area contributed by atoms with Gasteiger partial charge in [0.2, 0.25) is 5.89 Å². The van der Waals surface area contributed by atoms with Crippen molar-refractivity contribution < 1.29 is 23.8 Å². The van der Waals surface area contributed by atoms with Crippen molar-refractivity contribution in [2.45, 2.75) is 19.8 Å². The van der Waals surface area contributed by atoms with Crippen molar-refractivity contribution in [1.29, 1.82) is 0 Å².